The molecule has 10 nitrogen and oxygen atoms in total. The van der Waals surface area contributed by atoms with Crippen molar-refractivity contribution in [1.29, 1.82) is 0 Å². The molecule has 1 aliphatic carbocycles. The average molecular weight is 594 g/mol. The molecule has 1 aliphatic heterocycles. The Morgan fingerprint density at radius 2 is 1.74 bits per heavy atom. The van der Waals surface area contributed by atoms with Crippen LogP contribution in [0.5, 0.6) is 0 Å². The minimum Gasteiger partial charge on any atom is -0.372 e. The molecule has 1 saturated carbocycles. The quantitative estimate of drug-likeness (QED) is 0.219. The van der Waals surface area contributed by atoms with Gasteiger partial charge in [-0.3, -0.25) is 14.5 Å². The summed E-state index contributed by atoms with van der Waals surface area (Å²) in [5.41, 5.74) is 0.134. The van der Waals surface area contributed by atoms with Gasteiger partial charge in [0.2, 0.25) is 12.3 Å². The van der Waals surface area contributed by atoms with E-state index >= 15 is 0 Å². The number of nitrogens with zero attached hydrogens (tertiary/aromatic N) is 2. The Morgan fingerprint density at radius 1 is 1.10 bits per heavy atom. The third-order valence-electron chi connectivity index (χ3n) is 7.74. The highest BCUT2D eigenvalue weighted by Gasteiger charge is 2.34. The van der Waals surface area contributed by atoms with Crippen LogP contribution in [0, 0.1) is 11.3 Å². The maximum Gasteiger partial charge on any atom is 0.242 e. The molecule has 0 radical (unpaired) electrons. The zero-order valence-electron chi connectivity index (χ0n) is 27.1. The van der Waals surface area contributed by atoms with E-state index in [4.69, 9.17) is 9.59 Å². The molecule has 0 spiro atoms. The van der Waals surface area contributed by atoms with Crippen molar-refractivity contribution in [2.45, 2.75) is 104 Å². The maximum absolute atomic E-state index is 12.8. The van der Waals surface area contributed by atoms with Gasteiger partial charge in [-0.2, -0.15) is 0 Å². The standard InChI is InChI=1S/C24H40N4O3.C6H15N.2CH2O/c1-19(17-28(14-15-29)22-8-4-7-13-25-22)9-10-20(2)27-23(31)21(26-18-30)16-24(3)11-5-6-12-24;1-4-6-7(3)5-2;2*1-2/h4,7-8,13,15,18-22,25H,5-6,9-12,14,16-17H2,1-3H3,(H,26,30)(H,27,31);4-6H2,1-3H3;2*1H2/t19-,20-,21?,22?;;;/m1.../s1. The van der Waals surface area contributed by atoms with Crippen LogP contribution in [0.3, 0.4) is 0 Å². The van der Waals surface area contributed by atoms with Gasteiger partial charge in [-0.05, 0) is 95.3 Å². The van der Waals surface area contributed by atoms with E-state index in [0.29, 0.717) is 25.3 Å². The van der Waals surface area contributed by atoms with Crippen LogP contribution in [0.25, 0.3) is 0 Å². The van der Waals surface area contributed by atoms with Crippen LogP contribution in [-0.2, 0) is 24.0 Å². The van der Waals surface area contributed by atoms with Gasteiger partial charge in [-0.1, -0.05) is 46.6 Å². The van der Waals surface area contributed by atoms with Gasteiger partial charge in [0.15, 0.2) is 0 Å². The van der Waals surface area contributed by atoms with Crippen molar-refractivity contribution in [2.75, 3.05) is 33.2 Å². The molecule has 2 unspecified atom stereocenters. The third-order valence-corrected chi connectivity index (χ3v) is 7.74. The van der Waals surface area contributed by atoms with Gasteiger partial charge in [0.1, 0.15) is 25.9 Å². The number of nitrogens with one attached hydrogen (secondary N) is 3. The van der Waals surface area contributed by atoms with E-state index in [-0.39, 0.29) is 23.5 Å². The first-order valence-corrected chi connectivity index (χ1v) is 15.2. The predicted molar refractivity (Wildman–Crippen MR) is 171 cm³/mol. The lowest BCUT2D eigenvalue weighted by atomic mass is 9.82. The van der Waals surface area contributed by atoms with Gasteiger partial charge >= 0.3 is 0 Å². The van der Waals surface area contributed by atoms with Crippen LogP contribution in [0.4, 0.5) is 0 Å². The van der Waals surface area contributed by atoms with Crippen molar-refractivity contribution in [3.05, 3.63) is 24.4 Å². The Kier molecular flexibility index (Phi) is 25.4. The first kappa shape index (κ1) is 41.3. The van der Waals surface area contributed by atoms with Crippen LogP contribution in [0.15, 0.2) is 24.4 Å². The van der Waals surface area contributed by atoms with Gasteiger partial charge in [-0.15, -0.1) is 0 Å². The topological polar surface area (TPSA) is 128 Å². The molecule has 42 heavy (non-hydrogen) atoms. The number of rotatable bonds is 17. The number of carbonyl (C=O) groups excluding carboxylic acids is 5. The Morgan fingerprint density at radius 3 is 2.21 bits per heavy atom. The SMILES string of the molecule is C=O.C=O.CCCN(C)CC.C[C@H](CC[C@@H](C)NC(=O)C(CC1(C)CCCC1)NC=O)CN(CC=O)C1C=CC=CN1. The minimum atomic E-state index is -0.472. The van der Waals surface area contributed by atoms with E-state index in [1.54, 1.807) is 0 Å². The molecule has 242 valence electrons. The fourth-order valence-corrected chi connectivity index (χ4v) is 5.28. The third kappa shape index (κ3) is 18.6. The molecule has 0 aromatic rings. The number of aldehydes is 1. The highest BCUT2D eigenvalue weighted by atomic mass is 16.2. The van der Waals surface area contributed by atoms with E-state index in [1.807, 2.05) is 44.9 Å². The van der Waals surface area contributed by atoms with Crippen molar-refractivity contribution in [3.63, 3.8) is 0 Å². The lowest BCUT2D eigenvalue weighted by molar-refractivity contribution is -0.126. The average Bonchev–Trinajstić information content (AvgIpc) is 3.44. The summed E-state index contributed by atoms with van der Waals surface area (Å²) in [7, 11) is 2.14. The van der Waals surface area contributed by atoms with Crippen molar-refractivity contribution in [2.24, 2.45) is 11.3 Å². The van der Waals surface area contributed by atoms with Gasteiger partial charge in [0.25, 0.3) is 0 Å². The van der Waals surface area contributed by atoms with Crippen LogP contribution in [0.1, 0.15) is 86.0 Å². The minimum absolute atomic E-state index is 0.0254. The second-order valence-corrected chi connectivity index (χ2v) is 11.5. The lowest BCUT2D eigenvalue weighted by Gasteiger charge is -2.32. The lowest BCUT2D eigenvalue weighted by Crippen LogP contribution is -2.48. The number of dihydropyridines is 1. The smallest absolute Gasteiger partial charge is 0.242 e. The summed E-state index contributed by atoms with van der Waals surface area (Å²) in [4.78, 5) is 55.4. The van der Waals surface area contributed by atoms with Crippen LogP contribution in [0.2, 0.25) is 0 Å². The molecule has 0 aromatic heterocycles. The number of hydrogen-bond donors (Lipinski definition) is 3. The number of allylic oxidation sites excluding steroid dienone is 2. The van der Waals surface area contributed by atoms with Gasteiger partial charge in [0.05, 0.1) is 12.7 Å². The van der Waals surface area contributed by atoms with Crippen LogP contribution >= 0.6 is 0 Å². The largest absolute Gasteiger partial charge is 0.372 e. The molecule has 4 atom stereocenters. The van der Waals surface area contributed by atoms with E-state index in [9.17, 15) is 14.4 Å². The zero-order chi connectivity index (χ0) is 32.4. The van der Waals surface area contributed by atoms with E-state index in [2.05, 4.69) is 60.5 Å². The predicted octanol–water partition coefficient (Wildman–Crippen LogP) is 3.47. The summed E-state index contributed by atoms with van der Waals surface area (Å²) in [6.07, 6.45) is 17.8. The normalized spacial score (nSPS) is 18.4. The highest BCUT2D eigenvalue weighted by Crippen LogP contribution is 2.41. The molecule has 2 amide bonds. The maximum atomic E-state index is 12.8. The molecule has 2 rings (SSSR count). The monoisotopic (exact) mass is 593 g/mol. The van der Waals surface area contributed by atoms with Crippen molar-refractivity contribution in [1.82, 2.24) is 25.8 Å². The second kappa shape index (κ2) is 25.8. The summed E-state index contributed by atoms with van der Waals surface area (Å²) in [6, 6.07) is -0.446. The zero-order valence-corrected chi connectivity index (χ0v) is 27.1. The van der Waals surface area contributed by atoms with E-state index in [1.165, 1.54) is 32.4 Å². The fourth-order valence-electron chi connectivity index (χ4n) is 5.28. The van der Waals surface area contributed by atoms with Crippen molar-refractivity contribution in [3.8, 4) is 0 Å². The molecular weight excluding hydrogens is 534 g/mol. The van der Waals surface area contributed by atoms with Crippen LogP contribution < -0.4 is 16.0 Å². The number of carbonyl (C=O) groups is 5. The Bertz CT molecular complexity index is 770. The van der Waals surface area contributed by atoms with Gasteiger partial charge < -0.3 is 35.2 Å². The molecule has 0 aromatic carbocycles. The van der Waals surface area contributed by atoms with E-state index in [0.717, 1.165) is 38.5 Å². The molecule has 0 bridgehead atoms. The molecule has 10 heteroatoms. The number of hydrogen-bond acceptors (Lipinski definition) is 8. The van der Waals surface area contributed by atoms with Crippen molar-refractivity contribution < 1.29 is 24.0 Å². The summed E-state index contributed by atoms with van der Waals surface area (Å²) in [5.74, 6) is 0.285. The molecule has 2 aliphatic rings. The van der Waals surface area contributed by atoms with Crippen molar-refractivity contribution >= 4 is 32.2 Å². The molecular formula is C32H59N5O5. The molecule has 0 saturated heterocycles. The summed E-state index contributed by atoms with van der Waals surface area (Å²) >= 11 is 0. The Hall–Kier alpha value is -2.85. The van der Waals surface area contributed by atoms with Gasteiger partial charge in [0, 0.05) is 12.6 Å². The summed E-state index contributed by atoms with van der Waals surface area (Å²) in [6.45, 7) is 18.4. The molecule has 3 N–H and O–H groups in total. The van der Waals surface area contributed by atoms with Gasteiger partial charge in [-0.25, -0.2) is 0 Å². The highest BCUT2D eigenvalue weighted by molar-refractivity contribution is 5.83. The first-order valence-electron chi connectivity index (χ1n) is 15.2. The number of amides is 2. The molecule has 1 fully saturated rings. The molecule has 1 heterocycles. The second-order valence-electron chi connectivity index (χ2n) is 11.5. The fraction of sp³-hybridized carbons (Fsp3) is 0.719. The van der Waals surface area contributed by atoms with E-state index < -0.39 is 6.04 Å². The Labute approximate surface area is 255 Å². The first-order chi connectivity index (χ1) is 20.2. The Balaban J connectivity index is 0. The summed E-state index contributed by atoms with van der Waals surface area (Å²) in [5, 5.41) is 9.08. The van der Waals surface area contributed by atoms with Crippen LogP contribution in [-0.4, -0.2) is 93.5 Å². The summed E-state index contributed by atoms with van der Waals surface area (Å²) < 4.78 is 0.